The number of halogens is 1. The summed E-state index contributed by atoms with van der Waals surface area (Å²) < 4.78 is 6.23. The van der Waals surface area contributed by atoms with Crippen molar-refractivity contribution in [2.24, 2.45) is 5.92 Å². The fraction of sp³-hybridized carbons (Fsp3) is 0.444. The second-order valence-corrected chi connectivity index (χ2v) is 11.2. The predicted octanol–water partition coefficient (Wildman–Crippen LogP) is 3.67. The Hall–Kier alpha value is -2.74. The zero-order chi connectivity index (χ0) is 24.1. The molecule has 7 nitrogen and oxygen atoms in total. The van der Waals surface area contributed by atoms with Gasteiger partial charge in [0.2, 0.25) is 0 Å². The molecular formula is C27H27ClN2O5. The molecule has 0 radical (unpaired) electrons. The number of piperidine rings is 1. The van der Waals surface area contributed by atoms with Crippen LogP contribution in [0.4, 0.5) is 5.69 Å². The van der Waals surface area contributed by atoms with Crippen LogP contribution in [0.3, 0.4) is 0 Å². The predicted molar refractivity (Wildman–Crippen MR) is 130 cm³/mol. The molecule has 0 unspecified atom stereocenters. The van der Waals surface area contributed by atoms with Crippen molar-refractivity contribution in [1.29, 1.82) is 0 Å². The minimum absolute atomic E-state index is 0.00542. The highest BCUT2D eigenvalue weighted by Gasteiger charge is 2.73. The maximum atomic E-state index is 13.4. The van der Waals surface area contributed by atoms with Gasteiger partial charge in [-0.1, -0.05) is 23.7 Å². The Morgan fingerprint density at radius 3 is 2.83 bits per heavy atom. The molecule has 2 bridgehead atoms. The van der Waals surface area contributed by atoms with Gasteiger partial charge < -0.3 is 25.4 Å². The van der Waals surface area contributed by atoms with Gasteiger partial charge in [0.15, 0.2) is 17.6 Å². The van der Waals surface area contributed by atoms with Crippen molar-refractivity contribution in [2.75, 3.05) is 18.4 Å². The van der Waals surface area contributed by atoms with Gasteiger partial charge in [-0.3, -0.25) is 9.69 Å². The Kier molecular flexibility index (Phi) is 4.40. The average molecular weight is 495 g/mol. The quantitative estimate of drug-likeness (QED) is 0.517. The minimum atomic E-state index is -1.33. The molecule has 3 aliphatic carbocycles. The molecule has 2 aromatic rings. The second kappa shape index (κ2) is 7.15. The summed E-state index contributed by atoms with van der Waals surface area (Å²) in [7, 11) is 0. The topological polar surface area (TPSA) is 102 Å². The van der Waals surface area contributed by atoms with E-state index in [1.54, 1.807) is 30.3 Å². The molecule has 1 amide bonds. The molecule has 1 spiro atoms. The van der Waals surface area contributed by atoms with Crippen molar-refractivity contribution < 1.29 is 24.9 Å². The number of aliphatic hydroxyl groups is 2. The van der Waals surface area contributed by atoms with Crippen LogP contribution in [0.15, 0.2) is 47.7 Å². The van der Waals surface area contributed by atoms with E-state index in [0.29, 0.717) is 35.2 Å². The van der Waals surface area contributed by atoms with Crippen LogP contribution >= 0.6 is 11.6 Å². The molecule has 35 heavy (non-hydrogen) atoms. The number of carbonyl (C=O) groups is 1. The van der Waals surface area contributed by atoms with Gasteiger partial charge in [-0.2, -0.15) is 0 Å². The highest BCUT2D eigenvalue weighted by atomic mass is 35.5. The van der Waals surface area contributed by atoms with Gasteiger partial charge in [-0.15, -0.1) is 0 Å². The van der Waals surface area contributed by atoms with E-state index in [4.69, 9.17) is 16.3 Å². The lowest BCUT2D eigenvalue weighted by Crippen LogP contribution is -2.75. The maximum Gasteiger partial charge on any atom is 0.255 e. The van der Waals surface area contributed by atoms with Crippen LogP contribution in [0.1, 0.15) is 36.8 Å². The zero-order valence-corrected chi connectivity index (χ0v) is 19.9. The lowest BCUT2D eigenvalue weighted by Gasteiger charge is -2.62. The normalized spacial score (nSPS) is 32.7. The SMILES string of the molecule is O=C(Nc1cccc(Cl)c1)C1=C(O)[C@@H]2Oc3c(O)ccc4c3[C@@]23CCN(CC2CC2)[C@H](C4)[C@]3(O)C1. The van der Waals surface area contributed by atoms with Gasteiger partial charge in [0, 0.05) is 35.3 Å². The number of anilines is 1. The highest BCUT2D eigenvalue weighted by molar-refractivity contribution is 6.31. The molecule has 1 saturated carbocycles. The van der Waals surface area contributed by atoms with Crippen molar-refractivity contribution in [1.82, 2.24) is 4.90 Å². The first kappa shape index (κ1) is 21.5. The first-order valence-electron chi connectivity index (χ1n) is 12.3. The maximum absolute atomic E-state index is 13.4. The standard InChI is InChI=1S/C27H27ClN2O5/c28-16-2-1-3-17(11-16)29-25(33)18-12-27(34)20-10-15-6-7-19(31)23-21(15)26(27,24(35-23)22(18)32)8-9-30(20)13-14-4-5-14/h1-3,6-7,11,14,20,24,31-32,34H,4-5,8-10,12-13H2,(H,29,33)/t20-,24+,26+,27-/m1/s1. The number of hydrogen-bond donors (Lipinski definition) is 4. The Morgan fingerprint density at radius 1 is 1.23 bits per heavy atom. The molecule has 7 rings (SSSR count). The summed E-state index contributed by atoms with van der Waals surface area (Å²) in [6.07, 6.45) is 2.67. The number of aromatic hydroxyl groups is 1. The number of ether oxygens (including phenoxy) is 1. The van der Waals surface area contributed by atoms with Crippen LogP contribution in [0, 0.1) is 5.92 Å². The Balaban J connectivity index is 1.36. The van der Waals surface area contributed by atoms with Gasteiger partial charge in [0.1, 0.15) is 5.76 Å². The van der Waals surface area contributed by atoms with Crippen LogP contribution in [-0.4, -0.2) is 57.0 Å². The number of phenols is 1. The summed E-state index contributed by atoms with van der Waals surface area (Å²) in [5.74, 6) is 0.300. The largest absolute Gasteiger partial charge is 0.508 e. The number of rotatable bonds is 4. The number of nitrogens with zero attached hydrogens (tertiary/aromatic N) is 1. The highest BCUT2D eigenvalue weighted by Crippen LogP contribution is 2.66. The summed E-state index contributed by atoms with van der Waals surface area (Å²) in [6, 6.07) is 10.1. The van der Waals surface area contributed by atoms with Gasteiger partial charge in [-0.25, -0.2) is 0 Å². The number of benzene rings is 2. The van der Waals surface area contributed by atoms with E-state index in [1.807, 2.05) is 6.07 Å². The molecule has 2 aliphatic heterocycles. The number of carbonyl (C=O) groups excluding carboxylic acids is 1. The molecule has 2 heterocycles. The lowest BCUT2D eigenvalue weighted by molar-refractivity contribution is -0.172. The Morgan fingerprint density at radius 2 is 2.06 bits per heavy atom. The first-order valence-corrected chi connectivity index (χ1v) is 12.7. The second-order valence-electron chi connectivity index (χ2n) is 10.8. The third kappa shape index (κ3) is 2.83. The molecular weight excluding hydrogens is 468 g/mol. The van der Waals surface area contributed by atoms with Gasteiger partial charge in [0.05, 0.1) is 16.6 Å². The van der Waals surface area contributed by atoms with E-state index < -0.39 is 23.0 Å². The fourth-order valence-corrected chi connectivity index (χ4v) is 7.33. The smallest absolute Gasteiger partial charge is 0.255 e. The molecule has 0 aromatic heterocycles. The number of aliphatic hydroxyl groups excluding tert-OH is 1. The number of nitrogens with one attached hydrogen (secondary N) is 1. The molecule has 2 fully saturated rings. The molecule has 5 aliphatic rings. The van der Waals surface area contributed by atoms with Crippen molar-refractivity contribution in [3.8, 4) is 11.5 Å². The van der Waals surface area contributed by atoms with Gasteiger partial charge >= 0.3 is 0 Å². The average Bonchev–Trinajstić information content (AvgIpc) is 3.56. The van der Waals surface area contributed by atoms with Crippen molar-refractivity contribution in [3.05, 3.63) is 63.9 Å². The van der Waals surface area contributed by atoms with Crippen LogP contribution in [-0.2, 0) is 16.6 Å². The van der Waals surface area contributed by atoms with E-state index in [-0.39, 0.29) is 29.5 Å². The molecule has 4 N–H and O–H groups in total. The molecule has 1 saturated heterocycles. The summed E-state index contributed by atoms with van der Waals surface area (Å²) in [6.45, 7) is 1.70. The van der Waals surface area contributed by atoms with Gasteiger partial charge in [0.25, 0.3) is 5.91 Å². The lowest BCUT2D eigenvalue weighted by atomic mass is 9.49. The monoisotopic (exact) mass is 494 g/mol. The summed E-state index contributed by atoms with van der Waals surface area (Å²) >= 11 is 6.08. The van der Waals surface area contributed by atoms with Crippen LogP contribution < -0.4 is 10.1 Å². The first-order chi connectivity index (χ1) is 16.8. The van der Waals surface area contributed by atoms with Gasteiger partial charge in [-0.05, 0) is 68.0 Å². The molecule has 8 heteroatoms. The molecule has 4 atom stereocenters. The van der Waals surface area contributed by atoms with Crippen LogP contribution in [0.25, 0.3) is 0 Å². The fourth-order valence-electron chi connectivity index (χ4n) is 7.14. The summed E-state index contributed by atoms with van der Waals surface area (Å²) in [4.78, 5) is 15.8. The third-order valence-electron chi connectivity index (χ3n) is 8.87. The number of amides is 1. The van der Waals surface area contributed by atoms with E-state index >= 15 is 0 Å². The third-order valence-corrected chi connectivity index (χ3v) is 9.11. The van der Waals surface area contributed by atoms with Crippen molar-refractivity contribution >= 4 is 23.2 Å². The zero-order valence-electron chi connectivity index (χ0n) is 19.1. The van der Waals surface area contributed by atoms with Crippen LogP contribution in [0.5, 0.6) is 11.5 Å². The van der Waals surface area contributed by atoms with Crippen molar-refractivity contribution in [3.63, 3.8) is 0 Å². The summed E-state index contributed by atoms with van der Waals surface area (Å²) in [5.41, 5.74) is 0.211. The molecule has 182 valence electrons. The summed E-state index contributed by atoms with van der Waals surface area (Å²) in [5, 5.41) is 38.0. The van der Waals surface area contributed by atoms with E-state index in [1.165, 1.54) is 12.8 Å². The number of hydrogen-bond acceptors (Lipinski definition) is 6. The van der Waals surface area contributed by atoms with E-state index in [9.17, 15) is 20.1 Å². The van der Waals surface area contributed by atoms with E-state index in [2.05, 4.69) is 10.2 Å². The molecule has 2 aromatic carbocycles. The van der Waals surface area contributed by atoms with E-state index in [0.717, 1.165) is 24.2 Å². The minimum Gasteiger partial charge on any atom is -0.508 e. The van der Waals surface area contributed by atoms with Crippen molar-refractivity contribution in [2.45, 2.75) is 55.3 Å². The number of likely N-dealkylation sites (tertiary alicyclic amines) is 1. The number of phenolic OH excluding ortho intramolecular Hbond substituents is 1. The van der Waals surface area contributed by atoms with Crippen LogP contribution in [0.2, 0.25) is 5.02 Å². The Labute approximate surface area is 208 Å². The Bertz CT molecular complexity index is 1310.